The van der Waals surface area contributed by atoms with Crippen LogP contribution in [0, 0.1) is 12.8 Å². The number of rotatable bonds is 5. The van der Waals surface area contributed by atoms with Gasteiger partial charge >= 0.3 is 0 Å². The van der Waals surface area contributed by atoms with E-state index in [1.807, 2.05) is 13.0 Å². The molecule has 0 bridgehead atoms. The van der Waals surface area contributed by atoms with E-state index < -0.39 is 10.0 Å². The van der Waals surface area contributed by atoms with Crippen LogP contribution >= 0.6 is 27.5 Å². The van der Waals surface area contributed by atoms with Crippen LogP contribution in [0.2, 0.25) is 0 Å². The number of hydrogen-bond acceptors (Lipinski definition) is 2. The van der Waals surface area contributed by atoms with Gasteiger partial charge in [-0.05, 0) is 36.6 Å². The maximum Gasteiger partial charge on any atom is 0.233 e. The Hall–Kier alpha value is -0.260. The van der Waals surface area contributed by atoms with E-state index in [4.69, 9.17) is 11.6 Å². The zero-order valence-electron chi connectivity index (χ0n) is 9.70. The summed E-state index contributed by atoms with van der Waals surface area (Å²) in [5, 5.41) is 0. The summed E-state index contributed by atoms with van der Waals surface area (Å²) in [6, 6.07) is 5.32. The van der Waals surface area contributed by atoms with Gasteiger partial charge in [0.15, 0.2) is 0 Å². The van der Waals surface area contributed by atoms with Gasteiger partial charge in [0.05, 0.1) is 5.75 Å². The monoisotopic (exact) mass is 339 g/mol. The lowest BCUT2D eigenvalue weighted by Gasteiger charge is -2.11. The van der Waals surface area contributed by atoms with E-state index in [9.17, 15) is 8.42 Å². The Bertz CT molecular complexity index is 490. The van der Waals surface area contributed by atoms with Crippen molar-refractivity contribution >= 4 is 43.2 Å². The Labute approximate surface area is 116 Å². The number of aryl methyl sites for hydroxylation is 1. The first-order valence-electron chi connectivity index (χ1n) is 5.16. The first-order valence-corrected chi connectivity index (χ1v) is 8.14. The quantitative estimate of drug-likeness (QED) is 0.835. The molecule has 1 aromatic rings. The van der Waals surface area contributed by atoms with E-state index in [2.05, 4.69) is 20.7 Å². The van der Waals surface area contributed by atoms with E-state index in [1.165, 1.54) is 0 Å². The van der Waals surface area contributed by atoms with E-state index in [-0.39, 0.29) is 11.7 Å². The van der Waals surface area contributed by atoms with Crippen LogP contribution in [0.15, 0.2) is 22.7 Å². The average Bonchev–Trinajstić information content (AvgIpc) is 2.22. The molecule has 1 rings (SSSR count). The molecule has 0 aromatic heterocycles. The molecule has 96 valence electrons. The molecule has 0 amide bonds. The highest BCUT2D eigenvalue weighted by Gasteiger charge is 2.15. The van der Waals surface area contributed by atoms with Gasteiger partial charge in [-0.2, -0.15) is 0 Å². The Kier molecular flexibility index (Phi) is 5.28. The van der Waals surface area contributed by atoms with Crippen molar-refractivity contribution in [1.82, 2.24) is 0 Å². The summed E-state index contributed by atoms with van der Waals surface area (Å²) in [5.41, 5.74) is 1.56. The zero-order valence-corrected chi connectivity index (χ0v) is 12.9. The van der Waals surface area contributed by atoms with Gasteiger partial charge in [-0.3, -0.25) is 4.72 Å². The number of alkyl halides is 1. The molecule has 1 N–H and O–H groups in total. The van der Waals surface area contributed by atoms with Crippen LogP contribution in [0.4, 0.5) is 5.69 Å². The second-order valence-corrected chi connectivity index (χ2v) is 7.04. The standard InChI is InChI=1S/C11H15BrClNO2S/c1-8(6-13)7-17(15,16)14-10-3-4-11(12)9(2)5-10/h3-5,8,14H,6-7H2,1-2H3. The van der Waals surface area contributed by atoms with Gasteiger partial charge in [0, 0.05) is 16.0 Å². The lowest BCUT2D eigenvalue weighted by molar-refractivity contribution is 0.588. The molecule has 3 nitrogen and oxygen atoms in total. The molecule has 0 radical (unpaired) electrons. The smallest absolute Gasteiger partial charge is 0.233 e. The molecule has 0 saturated heterocycles. The largest absolute Gasteiger partial charge is 0.284 e. The molecule has 6 heteroatoms. The summed E-state index contributed by atoms with van der Waals surface area (Å²) < 4.78 is 27.1. The second kappa shape index (κ2) is 6.07. The van der Waals surface area contributed by atoms with Crippen LogP contribution < -0.4 is 4.72 Å². The van der Waals surface area contributed by atoms with Crippen LogP contribution in [0.1, 0.15) is 12.5 Å². The third-order valence-electron chi connectivity index (χ3n) is 2.20. The third-order valence-corrected chi connectivity index (χ3v) is 5.17. The van der Waals surface area contributed by atoms with Crippen LogP contribution in [0.5, 0.6) is 0 Å². The maximum atomic E-state index is 11.8. The van der Waals surface area contributed by atoms with Gasteiger partial charge in [0.1, 0.15) is 0 Å². The highest BCUT2D eigenvalue weighted by Crippen LogP contribution is 2.21. The predicted octanol–water partition coefficient (Wildman–Crippen LogP) is 3.37. The number of nitrogens with one attached hydrogen (secondary N) is 1. The molecule has 0 fully saturated rings. The normalized spacial score (nSPS) is 13.4. The number of sulfonamides is 1. The van der Waals surface area contributed by atoms with E-state index >= 15 is 0 Å². The van der Waals surface area contributed by atoms with Crippen LogP contribution in [0.3, 0.4) is 0 Å². The highest BCUT2D eigenvalue weighted by molar-refractivity contribution is 9.10. The first-order chi connectivity index (χ1) is 7.84. The van der Waals surface area contributed by atoms with Gasteiger partial charge in [-0.25, -0.2) is 8.42 Å². The van der Waals surface area contributed by atoms with Crippen LogP contribution in [-0.4, -0.2) is 20.1 Å². The number of benzene rings is 1. The van der Waals surface area contributed by atoms with E-state index in [1.54, 1.807) is 19.1 Å². The Morgan fingerprint density at radius 3 is 2.65 bits per heavy atom. The second-order valence-electron chi connectivity index (χ2n) is 4.11. The Balaban J connectivity index is 2.80. The minimum atomic E-state index is -3.33. The van der Waals surface area contributed by atoms with Crippen molar-refractivity contribution in [3.8, 4) is 0 Å². The Morgan fingerprint density at radius 1 is 1.47 bits per heavy atom. The minimum absolute atomic E-state index is 0.0333. The van der Waals surface area contributed by atoms with Crippen molar-refractivity contribution in [3.63, 3.8) is 0 Å². The molecule has 0 heterocycles. The molecule has 0 spiro atoms. The van der Waals surface area contributed by atoms with Crippen LogP contribution in [0.25, 0.3) is 0 Å². The number of anilines is 1. The number of hydrogen-bond donors (Lipinski definition) is 1. The summed E-state index contributed by atoms with van der Waals surface area (Å²) >= 11 is 8.97. The summed E-state index contributed by atoms with van der Waals surface area (Å²) in [7, 11) is -3.33. The fourth-order valence-corrected chi connectivity index (χ4v) is 3.27. The topological polar surface area (TPSA) is 46.2 Å². The summed E-state index contributed by atoms with van der Waals surface area (Å²) in [4.78, 5) is 0. The summed E-state index contributed by atoms with van der Waals surface area (Å²) in [5.74, 6) is 0.303. The molecule has 0 saturated carbocycles. The van der Waals surface area contributed by atoms with Crippen molar-refractivity contribution in [3.05, 3.63) is 28.2 Å². The summed E-state index contributed by atoms with van der Waals surface area (Å²) in [6.07, 6.45) is 0. The van der Waals surface area contributed by atoms with Crippen molar-refractivity contribution in [2.24, 2.45) is 5.92 Å². The molecule has 1 atom stereocenters. The molecular formula is C11H15BrClNO2S. The zero-order chi connectivity index (χ0) is 13.1. The first kappa shape index (κ1) is 14.8. The van der Waals surface area contributed by atoms with Crippen molar-refractivity contribution in [2.75, 3.05) is 16.4 Å². The lowest BCUT2D eigenvalue weighted by Crippen LogP contribution is -2.22. The molecule has 1 aromatic carbocycles. The fraction of sp³-hybridized carbons (Fsp3) is 0.455. The lowest BCUT2D eigenvalue weighted by atomic mass is 10.2. The molecule has 17 heavy (non-hydrogen) atoms. The van der Waals surface area contributed by atoms with Crippen LogP contribution in [-0.2, 0) is 10.0 Å². The molecule has 0 aliphatic rings. The van der Waals surface area contributed by atoms with Crippen molar-refractivity contribution < 1.29 is 8.42 Å². The van der Waals surface area contributed by atoms with Gasteiger partial charge in [-0.15, -0.1) is 11.6 Å². The van der Waals surface area contributed by atoms with Gasteiger partial charge in [-0.1, -0.05) is 22.9 Å². The fourth-order valence-electron chi connectivity index (χ4n) is 1.35. The molecular weight excluding hydrogens is 326 g/mol. The van der Waals surface area contributed by atoms with Crippen molar-refractivity contribution in [1.29, 1.82) is 0 Å². The number of halogens is 2. The maximum absolute atomic E-state index is 11.8. The Morgan fingerprint density at radius 2 is 2.12 bits per heavy atom. The minimum Gasteiger partial charge on any atom is -0.284 e. The van der Waals surface area contributed by atoms with Crippen molar-refractivity contribution in [2.45, 2.75) is 13.8 Å². The average molecular weight is 341 g/mol. The SMILES string of the molecule is Cc1cc(NS(=O)(=O)CC(C)CCl)ccc1Br. The third kappa shape index (κ3) is 4.85. The summed E-state index contributed by atoms with van der Waals surface area (Å²) in [6.45, 7) is 3.71. The molecule has 0 aliphatic carbocycles. The van der Waals surface area contributed by atoms with E-state index in [0.29, 0.717) is 11.6 Å². The van der Waals surface area contributed by atoms with E-state index in [0.717, 1.165) is 10.0 Å². The highest BCUT2D eigenvalue weighted by atomic mass is 79.9. The molecule has 0 aliphatic heterocycles. The van der Waals surface area contributed by atoms with Gasteiger partial charge in [0.2, 0.25) is 10.0 Å². The van der Waals surface area contributed by atoms with Gasteiger partial charge < -0.3 is 0 Å². The van der Waals surface area contributed by atoms with Gasteiger partial charge in [0.25, 0.3) is 0 Å². The predicted molar refractivity (Wildman–Crippen MR) is 76.2 cm³/mol. The molecule has 1 unspecified atom stereocenters.